The standard InChI is InChI=1S/C22H25NO5/c1-27-19-12-18(13-21(25)26)23(14-19)20(24)15-28-22(16-8-4-2-5-9-16)17-10-6-3-7-11-17/h2-11,18-19,22H,12-15H2,1H3,(H,25,26). The van der Waals surface area contributed by atoms with Crippen molar-refractivity contribution < 1.29 is 24.2 Å². The summed E-state index contributed by atoms with van der Waals surface area (Å²) >= 11 is 0. The number of hydrogen-bond acceptors (Lipinski definition) is 4. The molecule has 1 aliphatic rings. The number of carbonyl (C=O) groups excluding carboxylic acids is 1. The van der Waals surface area contributed by atoms with Crippen LogP contribution in [0.15, 0.2) is 60.7 Å². The maximum atomic E-state index is 12.8. The van der Waals surface area contributed by atoms with E-state index in [9.17, 15) is 9.59 Å². The highest BCUT2D eigenvalue weighted by molar-refractivity contribution is 5.79. The molecule has 6 nitrogen and oxygen atoms in total. The Balaban J connectivity index is 1.72. The van der Waals surface area contributed by atoms with Crippen LogP contribution < -0.4 is 0 Å². The lowest BCUT2D eigenvalue weighted by molar-refractivity contribution is -0.142. The molecule has 6 heteroatoms. The summed E-state index contributed by atoms with van der Waals surface area (Å²) in [4.78, 5) is 25.5. The Labute approximate surface area is 164 Å². The van der Waals surface area contributed by atoms with Gasteiger partial charge < -0.3 is 19.5 Å². The van der Waals surface area contributed by atoms with Gasteiger partial charge in [0.05, 0.1) is 12.5 Å². The SMILES string of the molecule is COC1CC(CC(=O)O)N(C(=O)COC(c2ccccc2)c2ccccc2)C1. The fourth-order valence-electron chi connectivity index (χ4n) is 3.62. The van der Waals surface area contributed by atoms with Gasteiger partial charge in [0.15, 0.2) is 0 Å². The fourth-order valence-corrected chi connectivity index (χ4v) is 3.62. The number of amides is 1. The number of carbonyl (C=O) groups is 2. The van der Waals surface area contributed by atoms with Crippen LogP contribution in [0.3, 0.4) is 0 Å². The first-order valence-corrected chi connectivity index (χ1v) is 9.34. The number of rotatable bonds is 8. The van der Waals surface area contributed by atoms with Crippen LogP contribution in [0.2, 0.25) is 0 Å². The summed E-state index contributed by atoms with van der Waals surface area (Å²) < 4.78 is 11.4. The Morgan fingerprint density at radius 3 is 2.14 bits per heavy atom. The van der Waals surface area contributed by atoms with Crippen LogP contribution >= 0.6 is 0 Å². The molecule has 1 amide bonds. The molecule has 1 N–H and O–H groups in total. The first-order valence-electron chi connectivity index (χ1n) is 9.34. The molecular formula is C22H25NO5. The zero-order valence-corrected chi connectivity index (χ0v) is 15.9. The van der Waals surface area contributed by atoms with E-state index in [1.54, 1.807) is 12.0 Å². The molecule has 0 saturated carbocycles. The average molecular weight is 383 g/mol. The summed E-state index contributed by atoms with van der Waals surface area (Å²) in [5.41, 5.74) is 1.92. The van der Waals surface area contributed by atoms with Gasteiger partial charge in [0.2, 0.25) is 5.91 Å². The Morgan fingerprint density at radius 1 is 1.07 bits per heavy atom. The first-order chi connectivity index (χ1) is 13.6. The number of likely N-dealkylation sites (tertiary alicyclic amines) is 1. The van der Waals surface area contributed by atoms with Crippen LogP contribution in [0.25, 0.3) is 0 Å². The molecule has 2 aromatic rings. The molecule has 2 aromatic carbocycles. The maximum Gasteiger partial charge on any atom is 0.305 e. The summed E-state index contributed by atoms with van der Waals surface area (Å²) in [6.07, 6.45) is -0.0840. The lowest BCUT2D eigenvalue weighted by Crippen LogP contribution is -2.39. The molecule has 1 fully saturated rings. The number of benzene rings is 2. The Bertz CT molecular complexity index is 741. The van der Waals surface area contributed by atoms with E-state index in [4.69, 9.17) is 14.6 Å². The molecular weight excluding hydrogens is 358 g/mol. The van der Waals surface area contributed by atoms with Crippen LogP contribution in [-0.2, 0) is 19.1 Å². The Kier molecular flexibility index (Phi) is 6.79. The lowest BCUT2D eigenvalue weighted by Gasteiger charge is -2.25. The molecule has 0 bridgehead atoms. The third-order valence-electron chi connectivity index (χ3n) is 5.02. The Morgan fingerprint density at radius 2 is 1.64 bits per heavy atom. The summed E-state index contributed by atoms with van der Waals surface area (Å²) in [6, 6.07) is 19.1. The average Bonchev–Trinajstić information content (AvgIpc) is 3.12. The van der Waals surface area contributed by atoms with Crippen LogP contribution in [0.5, 0.6) is 0 Å². The van der Waals surface area contributed by atoms with Gasteiger partial charge in [-0.25, -0.2) is 0 Å². The molecule has 2 unspecified atom stereocenters. The molecule has 1 saturated heterocycles. The zero-order chi connectivity index (χ0) is 19.9. The van der Waals surface area contributed by atoms with E-state index < -0.39 is 5.97 Å². The summed E-state index contributed by atoms with van der Waals surface area (Å²) in [7, 11) is 1.58. The van der Waals surface area contributed by atoms with Gasteiger partial charge in [-0.2, -0.15) is 0 Å². The second-order valence-corrected chi connectivity index (χ2v) is 6.90. The van der Waals surface area contributed by atoms with Gasteiger partial charge in [-0.1, -0.05) is 60.7 Å². The van der Waals surface area contributed by atoms with E-state index >= 15 is 0 Å². The number of aliphatic carboxylic acids is 1. The van der Waals surface area contributed by atoms with Gasteiger partial charge in [0.25, 0.3) is 0 Å². The van der Waals surface area contributed by atoms with Gasteiger partial charge >= 0.3 is 5.97 Å². The number of nitrogens with zero attached hydrogens (tertiary/aromatic N) is 1. The highest BCUT2D eigenvalue weighted by Crippen LogP contribution is 2.27. The number of carboxylic acids is 1. The van der Waals surface area contributed by atoms with E-state index in [-0.39, 0.29) is 37.2 Å². The fraction of sp³-hybridized carbons (Fsp3) is 0.364. The molecule has 1 heterocycles. The minimum Gasteiger partial charge on any atom is -0.481 e. The van der Waals surface area contributed by atoms with E-state index in [2.05, 4.69) is 0 Å². The number of hydrogen-bond donors (Lipinski definition) is 1. The third-order valence-corrected chi connectivity index (χ3v) is 5.02. The highest BCUT2D eigenvalue weighted by atomic mass is 16.5. The third kappa shape index (κ3) is 4.97. The van der Waals surface area contributed by atoms with Crippen molar-refractivity contribution in [2.75, 3.05) is 20.3 Å². The topological polar surface area (TPSA) is 76.1 Å². The van der Waals surface area contributed by atoms with Crippen LogP contribution in [0, 0.1) is 0 Å². The largest absolute Gasteiger partial charge is 0.481 e. The van der Waals surface area contributed by atoms with Crippen molar-refractivity contribution in [1.29, 1.82) is 0 Å². The van der Waals surface area contributed by atoms with Crippen molar-refractivity contribution in [3.63, 3.8) is 0 Å². The maximum absolute atomic E-state index is 12.8. The predicted octanol–water partition coefficient (Wildman–Crippen LogP) is 2.88. The van der Waals surface area contributed by atoms with Crippen LogP contribution in [-0.4, -0.2) is 54.3 Å². The van der Waals surface area contributed by atoms with Crippen molar-refractivity contribution in [2.24, 2.45) is 0 Å². The van der Waals surface area contributed by atoms with Crippen molar-refractivity contribution in [3.05, 3.63) is 71.8 Å². The number of methoxy groups -OCH3 is 1. The second kappa shape index (κ2) is 9.48. The van der Waals surface area contributed by atoms with Crippen molar-refractivity contribution >= 4 is 11.9 Å². The van der Waals surface area contributed by atoms with Crippen molar-refractivity contribution in [1.82, 2.24) is 4.90 Å². The normalized spacial score (nSPS) is 19.1. The molecule has 148 valence electrons. The first kappa shape index (κ1) is 20.0. The van der Waals surface area contributed by atoms with E-state index in [0.717, 1.165) is 11.1 Å². The van der Waals surface area contributed by atoms with Gasteiger partial charge in [0.1, 0.15) is 12.7 Å². The Hall–Kier alpha value is -2.70. The van der Waals surface area contributed by atoms with E-state index in [1.807, 2.05) is 60.7 Å². The predicted molar refractivity (Wildman–Crippen MR) is 104 cm³/mol. The molecule has 2 atom stereocenters. The van der Waals surface area contributed by atoms with Crippen LogP contribution in [0.4, 0.5) is 0 Å². The minimum absolute atomic E-state index is 0.0909. The van der Waals surface area contributed by atoms with Gasteiger partial charge in [-0.15, -0.1) is 0 Å². The number of ether oxygens (including phenoxy) is 2. The summed E-state index contributed by atoms with van der Waals surface area (Å²) in [5, 5.41) is 9.14. The quantitative estimate of drug-likeness (QED) is 0.759. The monoisotopic (exact) mass is 383 g/mol. The highest BCUT2D eigenvalue weighted by Gasteiger charge is 2.36. The molecule has 3 rings (SSSR count). The molecule has 1 aliphatic heterocycles. The van der Waals surface area contributed by atoms with Crippen molar-refractivity contribution in [3.8, 4) is 0 Å². The van der Waals surface area contributed by atoms with E-state index in [1.165, 1.54) is 0 Å². The van der Waals surface area contributed by atoms with Gasteiger partial charge in [-0.3, -0.25) is 9.59 Å². The number of carboxylic acid groups (broad SMARTS) is 1. The summed E-state index contributed by atoms with van der Waals surface area (Å²) in [6.45, 7) is 0.263. The van der Waals surface area contributed by atoms with Crippen LogP contribution in [0.1, 0.15) is 30.1 Å². The van der Waals surface area contributed by atoms with Crippen molar-refractivity contribution in [2.45, 2.75) is 31.1 Å². The zero-order valence-electron chi connectivity index (χ0n) is 15.9. The molecule has 0 aliphatic carbocycles. The second-order valence-electron chi connectivity index (χ2n) is 6.90. The van der Waals surface area contributed by atoms with Gasteiger partial charge in [0, 0.05) is 19.7 Å². The molecule has 0 spiro atoms. The van der Waals surface area contributed by atoms with Gasteiger partial charge in [-0.05, 0) is 17.5 Å². The minimum atomic E-state index is -0.924. The molecule has 28 heavy (non-hydrogen) atoms. The lowest BCUT2D eigenvalue weighted by atomic mass is 10.0. The molecule has 0 radical (unpaired) electrons. The smallest absolute Gasteiger partial charge is 0.305 e. The van der Waals surface area contributed by atoms with E-state index in [0.29, 0.717) is 13.0 Å². The summed E-state index contributed by atoms with van der Waals surface area (Å²) in [5.74, 6) is -1.14. The molecule has 0 aromatic heterocycles.